The highest BCUT2D eigenvalue weighted by atomic mass is 32.2. The van der Waals surface area contributed by atoms with E-state index in [9.17, 15) is 9.59 Å². The molecule has 94 valence electrons. The van der Waals surface area contributed by atoms with Gasteiger partial charge in [-0.15, -0.1) is 0 Å². The van der Waals surface area contributed by atoms with E-state index in [0.717, 1.165) is 0 Å². The molecule has 0 aliphatic rings. The molecule has 7 heteroatoms. The molecule has 2 N–H and O–H groups in total. The van der Waals surface area contributed by atoms with Crippen molar-refractivity contribution < 1.29 is 14.7 Å². The first-order valence-electron chi connectivity index (χ1n) is 4.80. The van der Waals surface area contributed by atoms with Gasteiger partial charge in [0.15, 0.2) is 0 Å². The number of carbonyl (C=O) groups is 2. The van der Waals surface area contributed by atoms with Crippen LogP contribution in [0.25, 0.3) is 0 Å². The first-order valence-corrected chi connectivity index (χ1v) is 7.46. The Labute approximate surface area is 111 Å². The zero-order valence-corrected chi connectivity index (χ0v) is 11.7. The Hall–Kier alpha value is -0.0100. The quantitative estimate of drug-likeness (QED) is 0.497. The number of carbonyl (C=O) groups excluding carboxylic acids is 1. The Morgan fingerprint density at radius 3 is 2.31 bits per heavy atom. The van der Waals surface area contributed by atoms with Crippen molar-refractivity contribution in [3.63, 3.8) is 0 Å². The Balaban J connectivity index is 4.27. The van der Waals surface area contributed by atoms with E-state index in [0.29, 0.717) is 23.7 Å². The smallest absolute Gasteiger partial charge is 0.326 e. The van der Waals surface area contributed by atoms with E-state index in [-0.39, 0.29) is 11.8 Å². The van der Waals surface area contributed by atoms with E-state index in [1.165, 1.54) is 0 Å². The van der Waals surface area contributed by atoms with Gasteiger partial charge in [0.05, 0.1) is 5.92 Å². The number of thioether (sulfide) groups is 1. The van der Waals surface area contributed by atoms with Crippen LogP contribution < -0.4 is 5.32 Å². The van der Waals surface area contributed by atoms with E-state index in [1.54, 1.807) is 11.8 Å². The molecule has 0 aliphatic carbocycles. The van der Waals surface area contributed by atoms with E-state index < -0.39 is 12.0 Å². The number of carboxylic acid groups (broad SMARTS) is 1. The zero-order chi connectivity index (χ0) is 12.6. The molecule has 0 aliphatic heterocycles. The summed E-state index contributed by atoms with van der Waals surface area (Å²) < 4.78 is 0. The van der Waals surface area contributed by atoms with Crippen LogP contribution in [0.3, 0.4) is 0 Å². The average molecular weight is 283 g/mol. The molecular formula is C9H17NO3S3. The normalized spacial score (nSPS) is 12.5. The van der Waals surface area contributed by atoms with Gasteiger partial charge in [-0.1, -0.05) is 0 Å². The predicted molar refractivity (Wildman–Crippen MR) is 73.8 cm³/mol. The van der Waals surface area contributed by atoms with Gasteiger partial charge in [0.2, 0.25) is 5.91 Å². The molecule has 0 aromatic carbocycles. The number of amides is 1. The number of hydrogen-bond donors (Lipinski definition) is 4. The summed E-state index contributed by atoms with van der Waals surface area (Å²) in [5.74, 6) is -0.210. The van der Waals surface area contributed by atoms with Crippen LogP contribution in [0.2, 0.25) is 0 Å². The number of hydrogen-bond acceptors (Lipinski definition) is 5. The van der Waals surface area contributed by atoms with Gasteiger partial charge in [0, 0.05) is 11.5 Å². The summed E-state index contributed by atoms with van der Waals surface area (Å²) >= 11 is 9.59. The lowest BCUT2D eigenvalue weighted by molar-refractivity contribution is -0.142. The highest BCUT2D eigenvalue weighted by Gasteiger charge is 2.23. The van der Waals surface area contributed by atoms with Crippen LogP contribution in [0, 0.1) is 5.92 Å². The summed E-state index contributed by atoms with van der Waals surface area (Å²) in [6.45, 7) is 0. The second-order valence-corrected chi connectivity index (χ2v) is 4.96. The van der Waals surface area contributed by atoms with Gasteiger partial charge in [-0.25, -0.2) is 4.79 Å². The van der Waals surface area contributed by atoms with E-state index in [2.05, 4.69) is 30.6 Å². The van der Waals surface area contributed by atoms with Gasteiger partial charge in [-0.3, -0.25) is 4.79 Å². The van der Waals surface area contributed by atoms with Gasteiger partial charge in [0.25, 0.3) is 0 Å². The molecule has 0 aromatic rings. The average Bonchev–Trinajstić information content (AvgIpc) is 2.25. The SMILES string of the molecule is CSCC[C@H](NC(=O)C(CS)CS)C(=O)O. The van der Waals surface area contributed by atoms with Crippen molar-refractivity contribution >= 4 is 48.9 Å². The predicted octanol–water partition coefficient (Wildman–Crippen LogP) is 0.785. The Morgan fingerprint density at radius 1 is 1.38 bits per heavy atom. The van der Waals surface area contributed by atoms with Crippen LogP contribution in [0.5, 0.6) is 0 Å². The molecule has 0 rings (SSSR count). The lowest BCUT2D eigenvalue weighted by Crippen LogP contribution is -2.44. The maximum absolute atomic E-state index is 11.6. The molecule has 1 amide bonds. The Bertz CT molecular complexity index is 234. The highest BCUT2D eigenvalue weighted by molar-refractivity contribution is 7.98. The van der Waals surface area contributed by atoms with Crippen molar-refractivity contribution in [3.8, 4) is 0 Å². The molecule has 0 fully saturated rings. The maximum atomic E-state index is 11.6. The largest absolute Gasteiger partial charge is 0.480 e. The third kappa shape index (κ3) is 5.91. The third-order valence-electron chi connectivity index (χ3n) is 2.04. The Kier molecular flexibility index (Phi) is 9.06. The number of carboxylic acids is 1. The van der Waals surface area contributed by atoms with Crippen LogP contribution in [0.15, 0.2) is 0 Å². The van der Waals surface area contributed by atoms with Gasteiger partial charge >= 0.3 is 5.97 Å². The van der Waals surface area contributed by atoms with Gasteiger partial charge in [-0.2, -0.15) is 37.0 Å². The molecule has 16 heavy (non-hydrogen) atoms. The molecule has 0 heterocycles. The summed E-state index contributed by atoms with van der Waals surface area (Å²) in [6, 6.07) is -0.817. The van der Waals surface area contributed by atoms with Crippen LogP contribution in [0.1, 0.15) is 6.42 Å². The molecule has 4 nitrogen and oxygen atoms in total. The standard InChI is InChI=1S/C9H17NO3S3/c1-16-3-2-7(9(12)13)10-8(11)6(4-14)5-15/h6-7,14-15H,2-5H2,1H3,(H,10,11)(H,12,13)/t7-/m0/s1. The fourth-order valence-electron chi connectivity index (χ4n) is 1.01. The fraction of sp³-hybridized carbons (Fsp3) is 0.778. The van der Waals surface area contributed by atoms with Gasteiger partial charge < -0.3 is 10.4 Å². The van der Waals surface area contributed by atoms with Crippen molar-refractivity contribution in [2.75, 3.05) is 23.5 Å². The van der Waals surface area contributed by atoms with Crippen LogP contribution in [-0.2, 0) is 9.59 Å². The minimum Gasteiger partial charge on any atom is -0.480 e. The van der Waals surface area contributed by atoms with Crippen molar-refractivity contribution in [3.05, 3.63) is 0 Å². The molecule has 0 bridgehead atoms. The van der Waals surface area contributed by atoms with Crippen molar-refractivity contribution in [2.24, 2.45) is 5.92 Å². The van der Waals surface area contributed by atoms with Crippen molar-refractivity contribution in [1.29, 1.82) is 0 Å². The number of aliphatic carboxylic acids is 1. The second kappa shape index (κ2) is 9.07. The van der Waals surface area contributed by atoms with Crippen molar-refractivity contribution in [1.82, 2.24) is 5.32 Å². The first-order chi connectivity index (χ1) is 7.56. The highest BCUT2D eigenvalue weighted by Crippen LogP contribution is 2.06. The topological polar surface area (TPSA) is 66.4 Å². The van der Waals surface area contributed by atoms with E-state index in [4.69, 9.17) is 5.11 Å². The van der Waals surface area contributed by atoms with E-state index >= 15 is 0 Å². The van der Waals surface area contributed by atoms with Crippen LogP contribution in [-0.4, -0.2) is 46.5 Å². The second-order valence-electron chi connectivity index (χ2n) is 3.24. The molecule has 0 unspecified atom stereocenters. The molecular weight excluding hydrogens is 266 g/mol. The van der Waals surface area contributed by atoms with Gasteiger partial charge in [-0.05, 0) is 18.4 Å². The summed E-state index contributed by atoms with van der Waals surface area (Å²) in [7, 11) is 0. The minimum atomic E-state index is -1.00. The summed E-state index contributed by atoms with van der Waals surface area (Å²) in [5.41, 5.74) is 0. The van der Waals surface area contributed by atoms with Crippen LogP contribution >= 0.6 is 37.0 Å². The van der Waals surface area contributed by atoms with E-state index in [1.807, 2.05) is 6.26 Å². The molecule has 0 radical (unpaired) electrons. The fourth-order valence-corrected chi connectivity index (χ4v) is 2.27. The summed E-state index contributed by atoms with van der Waals surface area (Å²) in [5, 5.41) is 11.4. The monoisotopic (exact) mass is 283 g/mol. The first kappa shape index (κ1) is 16.0. The van der Waals surface area contributed by atoms with Crippen LogP contribution in [0.4, 0.5) is 0 Å². The molecule has 1 atom stereocenters. The summed E-state index contributed by atoms with van der Waals surface area (Å²) in [6.07, 6.45) is 2.32. The van der Waals surface area contributed by atoms with Gasteiger partial charge in [0.1, 0.15) is 6.04 Å². The Morgan fingerprint density at radius 2 is 1.94 bits per heavy atom. The molecule has 0 spiro atoms. The minimum absolute atomic E-state index is 0.293. The lowest BCUT2D eigenvalue weighted by Gasteiger charge is -2.17. The molecule has 0 aromatic heterocycles. The molecule has 0 saturated heterocycles. The number of nitrogens with one attached hydrogen (secondary N) is 1. The summed E-state index contributed by atoms with van der Waals surface area (Å²) in [4.78, 5) is 22.5. The zero-order valence-electron chi connectivity index (χ0n) is 9.05. The number of thiol groups is 2. The van der Waals surface area contributed by atoms with Crippen molar-refractivity contribution in [2.45, 2.75) is 12.5 Å². The third-order valence-corrected chi connectivity index (χ3v) is 3.56. The lowest BCUT2D eigenvalue weighted by atomic mass is 10.1. The molecule has 0 saturated carbocycles. The maximum Gasteiger partial charge on any atom is 0.326 e. The number of rotatable bonds is 8.